The standard InChI is InChI=1S/C23H21ClF2N4O3/c24-15-6-3-5-13(10-15)19-16-7-2-1-4-14(16)11-29(19)12-17-20(31)23(25,26)21(33-17)30-9-8-18(27)28-22(30)32/h1-10,17,19-21,31H,11-12H2,(H2,27,28,32)/t17-,19?,20-,21-/m1/s1. The number of halogens is 3. The molecule has 0 amide bonds. The third-order valence-electron chi connectivity index (χ3n) is 6.15. The second kappa shape index (κ2) is 8.18. The Bertz CT molecular complexity index is 1250. The molecule has 4 atom stereocenters. The zero-order chi connectivity index (χ0) is 23.3. The van der Waals surface area contributed by atoms with Gasteiger partial charge in [-0.3, -0.25) is 9.47 Å². The Balaban J connectivity index is 1.46. The fraction of sp³-hybridized carbons (Fsp3) is 0.304. The molecule has 0 aliphatic carbocycles. The van der Waals surface area contributed by atoms with Crippen molar-refractivity contribution in [2.24, 2.45) is 0 Å². The highest BCUT2D eigenvalue weighted by atomic mass is 35.5. The van der Waals surface area contributed by atoms with Gasteiger partial charge in [0.05, 0.1) is 6.04 Å². The van der Waals surface area contributed by atoms with Crippen LogP contribution in [0, 0.1) is 0 Å². The summed E-state index contributed by atoms with van der Waals surface area (Å²) in [5, 5.41) is 11.1. The van der Waals surface area contributed by atoms with Gasteiger partial charge < -0.3 is 15.6 Å². The summed E-state index contributed by atoms with van der Waals surface area (Å²) in [6, 6.07) is 16.2. The average molecular weight is 475 g/mol. The summed E-state index contributed by atoms with van der Waals surface area (Å²) in [4.78, 5) is 17.6. The number of aliphatic hydroxyl groups excluding tert-OH is 1. The Labute approximate surface area is 193 Å². The van der Waals surface area contributed by atoms with Crippen molar-refractivity contribution in [3.63, 3.8) is 0 Å². The SMILES string of the molecule is Nc1ccn([C@@H]2O[C@H](CN3Cc4ccccc4C3c3cccc(Cl)c3)[C@@H](O)C2(F)F)c(=O)n1. The minimum atomic E-state index is -3.70. The molecule has 3 N–H and O–H groups in total. The van der Waals surface area contributed by atoms with E-state index in [4.69, 9.17) is 22.1 Å². The molecule has 1 aromatic heterocycles. The molecule has 3 heterocycles. The molecule has 0 radical (unpaired) electrons. The van der Waals surface area contributed by atoms with E-state index in [-0.39, 0.29) is 18.4 Å². The molecular weight excluding hydrogens is 454 g/mol. The van der Waals surface area contributed by atoms with Gasteiger partial charge in [-0.2, -0.15) is 13.8 Å². The minimum Gasteiger partial charge on any atom is -0.384 e. The van der Waals surface area contributed by atoms with E-state index in [0.29, 0.717) is 16.1 Å². The van der Waals surface area contributed by atoms with Gasteiger partial charge in [-0.15, -0.1) is 0 Å². The van der Waals surface area contributed by atoms with Gasteiger partial charge in [0.1, 0.15) is 18.0 Å². The van der Waals surface area contributed by atoms with E-state index in [2.05, 4.69) is 4.98 Å². The Hall–Kier alpha value is -2.85. The number of ether oxygens (including phenoxy) is 1. The maximum atomic E-state index is 15.0. The number of alkyl halides is 2. The van der Waals surface area contributed by atoms with Gasteiger partial charge in [0.2, 0.25) is 6.23 Å². The van der Waals surface area contributed by atoms with E-state index in [0.717, 1.165) is 22.9 Å². The van der Waals surface area contributed by atoms with E-state index < -0.39 is 30.0 Å². The third-order valence-corrected chi connectivity index (χ3v) is 6.39. The van der Waals surface area contributed by atoms with Crippen LogP contribution in [0.15, 0.2) is 65.6 Å². The van der Waals surface area contributed by atoms with Gasteiger partial charge in [0.25, 0.3) is 0 Å². The van der Waals surface area contributed by atoms with Crippen molar-refractivity contribution in [3.8, 4) is 0 Å². The number of benzene rings is 2. The molecule has 1 unspecified atom stereocenters. The lowest BCUT2D eigenvalue weighted by atomic mass is 9.97. The van der Waals surface area contributed by atoms with E-state index in [9.17, 15) is 18.7 Å². The lowest BCUT2D eigenvalue weighted by molar-refractivity contribution is -0.140. The molecule has 0 bridgehead atoms. The number of anilines is 1. The summed E-state index contributed by atoms with van der Waals surface area (Å²) in [5.41, 5.74) is 7.48. The van der Waals surface area contributed by atoms with Crippen LogP contribution < -0.4 is 11.4 Å². The highest BCUT2D eigenvalue weighted by molar-refractivity contribution is 6.30. The van der Waals surface area contributed by atoms with E-state index >= 15 is 0 Å². The van der Waals surface area contributed by atoms with Crippen LogP contribution in [-0.2, 0) is 11.3 Å². The Morgan fingerprint density at radius 2 is 2.00 bits per heavy atom. The summed E-state index contributed by atoms with van der Waals surface area (Å²) in [5.74, 6) is -3.79. The number of hydrogen-bond donors (Lipinski definition) is 2. The molecule has 172 valence electrons. The van der Waals surface area contributed by atoms with Crippen LogP contribution in [-0.4, -0.2) is 44.2 Å². The first-order valence-electron chi connectivity index (χ1n) is 10.4. The molecule has 33 heavy (non-hydrogen) atoms. The van der Waals surface area contributed by atoms with Crippen LogP contribution in [0.2, 0.25) is 5.02 Å². The smallest absolute Gasteiger partial charge is 0.351 e. The number of aliphatic hydroxyl groups is 1. The van der Waals surface area contributed by atoms with Crippen molar-refractivity contribution < 1.29 is 18.6 Å². The van der Waals surface area contributed by atoms with Crippen LogP contribution in [0.3, 0.4) is 0 Å². The maximum absolute atomic E-state index is 15.0. The normalized spacial score (nSPS) is 26.4. The summed E-state index contributed by atoms with van der Waals surface area (Å²) >= 11 is 6.21. The Kier molecular flexibility index (Phi) is 5.44. The molecule has 5 rings (SSSR count). The van der Waals surface area contributed by atoms with Gasteiger partial charge >= 0.3 is 11.6 Å². The predicted octanol–water partition coefficient (Wildman–Crippen LogP) is 2.98. The highest BCUT2D eigenvalue weighted by Crippen LogP contribution is 2.45. The van der Waals surface area contributed by atoms with Crippen LogP contribution in [0.5, 0.6) is 0 Å². The van der Waals surface area contributed by atoms with Gasteiger partial charge in [0, 0.05) is 24.3 Å². The Morgan fingerprint density at radius 1 is 1.21 bits per heavy atom. The number of nitrogen functional groups attached to an aromatic ring is 1. The van der Waals surface area contributed by atoms with Gasteiger partial charge in [0.15, 0.2) is 0 Å². The van der Waals surface area contributed by atoms with E-state index in [1.165, 1.54) is 6.07 Å². The monoisotopic (exact) mass is 474 g/mol. The predicted molar refractivity (Wildman–Crippen MR) is 118 cm³/mol. The van der Waals surface area contributed by atoms with E-state index in [1.54, 1.807) is 6.07 Å². The second-order valence-electron chi connectivity index (χ2n) is 8.27. The van der Waals surface area contributed by atoms with Crippen molar-refractivity contribution in [2.45, 2.75) is 36.9 Å². The minimum absolute atomic E-state index is 0.0102. The summed E-state index contributed by atoms with van der Waals surface area (Å²) < 4.78 is 36.2. The van der Waals surface area contributed by atoms with Crippen LogP contribution >= 0.6 is 11.6 Å². The van der Waals surface area contributed by atoms with Gasteiger partial charge in [-0.25, -0.2) is 4.79 Å². The molecule has 10 heteroatoms. The lowest BCUT2D eigenvalue weighted by Crippen LogP contribution is -2.43. The number of nitrogens with zero attached hydrogens (tertiary/aromatic N) is 3. The fourth-order valence-corrected chi connectivity index (χ4v) is 4.84. The number of aromatic nitrogens is 2. The van der Waals surface area contributed by atoms with E-state index in [1.807, 2.05) is 47.4 Å². The Morgan fingerprint density at radius 3 is 2.76 bits per heavy atom. The largest absolute Gasteiger partial charge is 0.384 e. The molecule has 2 aliphatic heterocycles. The third kappa shape index (κ3) is 3.80. The zero-order valence-electron chi connectivity index (χ0n) is 17.3. The maximum Gasteiger partial charge on any atom is 0.351 e. The number of hydrogen-bond acceptors (Lipinski definition) is 6. The first-order valence-corrected chi connectivity index (χ1v) is 10.8. The van der Waals surface area contributed by atoms with Crippen LogP contribution in [0.4, 0.5) is 14.6 Å². The average Bonchev–Trinajstić information content (AvgIpc) is 3.24. The lowest BCUT2D eigenvalue weighted by Gasteiger charge is -2.29. The quantitative estimate of drug-likeness (QED) is 0.604. The molecule has 1 fully saturated rings. The summed E-state index contributed by atoms with van der Waals surface area (Å²) in [6.45, 7) is 0.496. The van der Waals surface area contributed by atoms with Crippen LogP contribution in [0.25, 0.3) is 0 Å². The van der Waals surface area contributed by atoms with Crippen molar-refractivity contribution in [3.05, 3.63) is 93.0 Å². The molecule has 0 spiro atoms. The van der Waals surface area contributed by atoms with Crippen molar-refractivity contribution in [1.29, 1.82) is 0 Å². The number of nitrogens with two attached hydrogens (primary N) is 1. The van der Waals surface area contributed by atoms with Gasteiger partial charge in [-0.1, -0.05) is 48.0 Å². The molecular formula is C23H21ClF2N4O3. The summed E-state index contributed by atoms with van der Waals surface area (Å²) in [6.07, 6.45) is -4.26. The molecule has 0 saturated carbocycles. The first kappa shape index (κ1) is 22.0. The fourth-order valence-electron chi connectivity index (χ4n) is 4.64. The van der Waals surface area contributed by atoms with Gasteiger partial charge in [-0.05, 0) is 34.9 Å². The topological polar surface area (TPSA) is 93.6 Å². The van der Waals surface area contributed by atoms with Crippen molar-refractivity contribution in [1.82, 2.24) is 14.5 Å². The summed E-state index contributed by atoms with van der Waals surface area (Å²) in [7, 11) is 0. The molecule has 3 aromatic rings. The van der Waals surface area contributed by atoms with Crippen LogP contribution in [0.1, 0.15) is 29.0 Å². The number of rotatable bonds is 4. The molecule has 1 saturated heterocycles. The highest BCUT2D eigenvalue weighted by Gasteiger charge is 2.60. The molecule has 2 aromatic carbocycles. The zero-order valence-corrected chi connectivity index (χ0v) is 18.1. The number of fused-ring (bicyclic) bond motifs is 1. The molecule has 2 aliphatic rings. The second-order valence-corrected chi connectivity index (χ2v) is 8.71. The molecule has 7 nitrogen and oxygen atoms in total. The first-order chi connectivity index (χ1) is 15.8. The van der Waals surface area contributed by atoms with Crippen molar-refractivity contribution in [2.75, 3.05) is 12.3 Å². The van der Waals surface area contributed by atoms with Crippen molar-refractivity contribution >= 4 is 17.4 Å².